The first-order valence-electron chi connectivity index (χ1n) is 11.8. The van der Waals surface area contributed by atoms with E-state index in [9.17, 15) is 13.2 Å². The van der Waals surface area contributed by atoms with Gasteiger partial charge in [-0.1, -0.05) is 25.3 Å². The van der Waals surface area contributed by atoms with Gasteiger partial charge >= 0.3 is 0 Å². The Balaban J connectivity index is 1.24. The van der Waals surface area contributed by atoms with Gasteiger partial charge in [-0.15, -0.1) is 0 Å². The van der Waals surface area contributed by atoms with E-state index in [-0.39, 0.29) is 23.3 Å². The van der Waals surface area contributed by atoms with Crippen LogP contribution in [0.1, 0.15) is 44.9 Å². The van der Waals surface area contributed by atoms with Gasteiger partial charge in [0, 0.05) is 45.3 Å². The Labute approximate surface area is 193 Å². The van der Waals surface area contributed by atoms with Crippen LogP contribution in [0.2, 0.25) is 0 Å². The number of sulfonamides is 1. The van der Waals surface area contributed by atoms with Gasteiger partial charge in [0.2, 0.25) is 15.9 Å². The van der Waals surface area contributed by atoms with Gasteiger partial charge in [0.15, 0.2) is 0 Å². The van der Waals surface area contributed by atoms with Gasteiger partial charge in [0.1, 0.15) is 15.9 Å². The van der Waals surface area contributed by atoms with E-state index < -0.39 is 10.0 Å². The Morgan fingerprint density at radius 1 is 0.938 bits per heavy atom. The van der Waals surface area contributed by atoms with Gasteiger partial charge in [-0.05, 0) is 37.8 Å². The highest BCUT2D eigenvalue weighted by molar-refractivity contribution is 7.89. The molecule has 1 amide bonds. The van der Waals surface area contributed by atoms with Gasteiger partial charge < -0.3 is 4.90 Å². The molecule has 0 radical (unpaired) electrons. The second-order valence-electron chi connectivity index (χ2n) is 9.24. The van der Waals surface area contributed by atoms with Crippen molar-refractivity contribution in [1.29, 1.82) is 0 Å². The normalized spacial score (nSPS) is 24.8. The largest absolute Gasteiger partial charge is 0.340 e. The van der Waals surface area contributed by atoms with Crippen molar-refractivity contribution in [3.05, 3.63) is 18.2 Å². The molecule has 3 heterocycles. The molecular weight excluding hydrogens is 446 g/mol. The highest BCUT2D eigenvalue weighted by Gasteiger charge is 2.37. The number of aromatic nitrogens is 2. The quantitative estimate of drug-likeness (QED) is 0.673. The van der Waals surface area contributed by atoms with Crippen molar-refractivity contribution in [2.75, 3.05) is 39.3 Å². The lowest BCUT2D eigenvalue weighted by Crippen LogP contribution is -2.55. The average Bonchev–Trinajstić information content (AvgIpc) is 3.33. The maximum Gasteiger partial charge on any atom is 0.245 e. The molecule has 1 aromatic heterocycles. The van der Waals surface area contributed by atoms with E-state index in [4.69, 9.17) is 0 Å². The highest BCUT2D eigenvalue weighted by atomic mass is 32.2. The van der Waals surface area contributed by atoms with Crippen molar-refractivity contribution in [3.8, 4) is 0 Å². The molecule has 1 aliphatic carbocycles. The van der Waals surface area contributed by atoms with Crippen LogP contribution in [0.3, 0.4) is 0 Å². The van der Waals surface area contributed by atoms with Gasteiger partial charge in [-0.2, -0.15) is 13.1 Å². The molecular formula is C22H31N5O3S2. The monoisotopic (exact) mass is 477 g/mol. The number of nitrogens with zero attached hydrogens (tertiary/aromatic N) is 5. The molecule has 0 N–H and O–H groups in total. The third-order valence-electron chi connectivity index (χ3n) is 7.32. The molecule has 10 heteroatoms. The highest BCUT2D eigenvalue weighted by Crippen LogP contribution is 2.29. The van der Waals surface area contributed by atoms with Crippen LogP contribution in [0.4, 0.5) is 0 Å². The third kappa shape index (κ3) is 4.30. The fourth-order valence-corrected chi connectivity index (χ4v) is 7.78. The van der Waals surface area contributed by atoms with E-state index in [0.29, 0.717) is 30.0 Å². The Bertz CT molecular complexity index is 1060. The van der Waals surface area contributed by atoms with Crippen molar-refractivity contribution in [2.45, 2.75) is 55.9 Å². The molecule has 5 rings (SSSR count). The molecule has 0 spiro atoms. The van der Waals surface area contributed by atoms with Crippen molar-refractivity contribution < 1.29 is 13.2 Å². The molecule has 0 bridgehead atoms. The standard InChI is InChI=1S/C22H31N5O3S2/c28-22(26-14-12-25(13-15-26)18-7-2-1-3-8-18)17-6-5-11-27(16-17)32(29,30)20-10-4-9-19-21(20)24-31-23-19/h4,9-10,17-18H,1-3,5-8,11-16H2. The first kappa shape index (κ1) is 22.2. The molecule has 2 saturated heterocycles. The zero-order chi connectivity index (χ0) is 22.1. The summed E-state index contributed by atoms with van der Waals surface area (Å²) >= 11 is 1.02. The molecule has 1 saturated carbocycles. The summed E-state index contributed by atoms with van der Waals surface area (Å²) in [6.45, 7) is 4.06. The minimum atomic E-state index is -3.72. The van der Waals surface area contributed by atoms with E-state index >= 15 is 0 Å². The second-order valence-corrected chi connectivity index (χ2v) is 11.7. The number of hydrogen-bond acceptors (Lipinski definition) is 7. The number of rotatable bonds is 4. The predicted octanol–water partition coefficient (Wildman–Crippen LogP) is 2.57. The molecule has 1 atom stereocenters. The lowest BCUT2D eigenvalue weighted by molar-refractivity contribution is -0.138. The Hall–Kier alpha value is -1.62. The van der Waals surface area contributed by atoms with E-state index in [1.165, 1.54) is 36.4 Å². The predicted molar refractivity (Wildman–Crippen MR) is 124 cm³/mol. The van der Waals surface area contributed by atoms with Crippen LogP contribution >= 0.6 is 11.7 Å². The molecule has 174 valence electrons. The lowest BCUT2D eigenvalue weighted by Gasteiger charge is -2.42. The summed E-state index contributed by atoms with van der Waals surface area (Å²) in [4.78, 5) is 18.0. The summed E-state index contributed by atoms with van der Waals surface area (Å²) in [7, 11) is -3.72. The number of carbonyl (C=O) groups excluding carboxylic acids is 1. The fourth-order valence-electron chi connectivity index (χ4n) is 5.50. The van der Waals surface area contributed by atoms with Crippen molar-refractivity contribution in [1.82, 2.24) is 22.9 Å². The molecule has 1 unspecified atom stereocenters. The van der Waals surface area contributed by atoms with E-state index in [2.05, 4.69) is 13.6 Å². The minimum Gasteiger partial charge on any atom is -0.340 e. The fraction of sp³-hybridized carbons (Fsp3) is 0.682. The Morgan fingerprint density at radius 3 is 2.50 bits per heavy atom. The summed E-state index contributed by atoms with van der Waals surface area (Å²) in [6.07, 6.45) is 8.00. The maximum atomic E-state index is 13.4. The van der Waals surface area contributed by atoms with Crippen LogP contribution in [0.25, 0.3) is 11.0 Å². The molecule has 3 aliphatic rings. The van der Waals surface area contributed by atoms with Crippen LogP contribution in [-0.4, -0.2) is 82.5 Å². The smallest absolute Gasteiger partial charge is 0.245 e. The summed E-state index contributed by atoms with van der Waals surface area (Å²) in [5.41, 5.74) is 1.02. The van der Waals surface area contributed by atoms with Crippen molar-refractivity contribution in [2.24, 2.45) is 5.92 Å². The number of fused-ring (bicyclic) bond motifs is 1. The van der Waals surface area contributed by atoms with Crippen LogP contribution in [0, 0.1) is 5.92 Å². The number of piperidine rings is 1. The van der Waals surface area contributed by atoms with E-state index in [1.807, 2.05) is 4.90 Å². The van der Waals surface area contributed by atoms with Crippen LogP contribution in [-0.2, 0) is 14.8 Å². The number of benzene rings is 1. The minimum absolute atomic E-state index is 0.113. The molecule has 2 aromatic rings. The van der Waals surface area contributed by atoms with Gasteiger partial charge in [0.25, 0.3) is 0 Å². The first-order chi connectivity index (χ1) is 15.5. The zero-order valence-electron chi connectivity index (χ0n) is 18.4. The number of piperazine rings is 1. The SMILES string of the molecule is O=C(C1CCCN(S(=O)(=O)c2cccc3nsnc23)C1)N1CCN(C2CCCCC2)CC1. The zero-order valence-corrected chi connectivity index (χ0v) is 20.0. The summed E-state index contributed by atoms with van der Waals surface area (Å²) < 4.78 is 36.6. The molecule has 2 aliphatic heterocycles. The van der Waals surface area contributed by atoms with Crippen LogP contribution < -0.4 is 0 Å². The second kappa shape index (κ2) is 9.32. The van der Waals surface area contributed by atoms with Crippen molar-refractivity contribution >= 4 is 38.7 Å². The Morgan fingerprint density at radius 2 is 1.72 bits per heavy atom. The van der Waals surface area contributed by atoms with Crippen molar-refractivity contribution in [3.63, 3.8) is 0 Å². The summed E-state index contributed by atoms with van der Waals surface area (Å²) in [5, 5.41) is 0. The summed E-state index contributed by atoms with van der Waals surface area (Å²) in [6, 6.07) is 5.75. The van der Waals surface area contributed by atoms with Gasteiger partial charge in [-0.25, -0.2) is 8.42 Å². The molecule has 1 aromatic carbocycles. The third-order valence-corrected chi connectivity index (χ3v) is 9.76. The lowest BCUT2D eigenvalue weighted by atomic mass is 9.93. The van der Waals surface area contributed by atoms with E-state index in [0.717, 1.165) is 44.3 Å². The number of amides is 1. The van der Waals surface area contributed by atoms with Crippen LogP contribution in [0.15, 0.2) is 23.1 Å². The van der Waals surface area contributed by atoms with Crippen LogP contribution in [0.5, 0.6) is 0 Å². The maximum absolute atomic E-state index is 13.4. The first-order valence-corrected chi connectivity index (χ1v) is 14.0. The summed E-state index contributed by atoms with van der Waals surface area (Å²) in [5.74, 6) is -0.158. The Kier molecular flexibility index (Phi) is 6.46. The topological polar surface area (TPSA) is 86.7 Å². The van der Waals surface area contributed by atoms with E-state index in [1.54, 1.807) is 18.2 Å². The molecule has 8 nitrogen and oxygen atoms in total. The molecule has 32 heavy (non-hydrogen) atoms. The van der Waals surface area contributed by atoms with Gasteiger partial charge in [0.05, 0.1) is 17.6 Å². The number of hydrogen-bond donors (Lipinski definition) is 0. The number of carbonyl (C=O) groups is 1. The van der Waals surface area contributed by atoms with Gasteiger partial charge in [-0.3, -0.25) is 9.69 Å². The molecule has 3 fully saturated rings. The average molecular weight is 478 g/mol.